The van der Waals surface area contributed by atoms with Crippen LogP contribution in [0.25, 0.3) is 10.6 Å². The maximum atomic E-state index is 12.1. The third kappa shape index (κ3) is 5.57. The summed E-state index contributed by atoms with van der Waals surface area (Å²) in [6, 6.07) is 15.7. The predicted molar refractivity (Wildman–Crippen MR) is 112 cm³/mol. The Balaban J connectivity index is 1.42. The molecule has 2 aromatic carbocycles. The van der Waals surface area contributed by atoms with Crippen molar-refractivity contribution in [2.75, 3.05) is 20.8 Å². The van der Waals surface area contributed by atoms with E-state index in [0.29, 0.717) is 19.4 Å². The van der Waals surface area contributed by atoms with Crippen LogP contribution in [0.1, 0.15) is 17.7 Å². The molecule has 0 aliphatic rings. The number of benzene rings is 2. The van der Waals surface area contributed by atoms with E-state index in [-0.39, 0.29) is 5.91 Å². The molecule has 1 amide bonds. The summed E-state index contributed by atoms with van der Waals surface area (Å²) in [4.78, 5) is 16.7. The van der Waals surface area contributed by atoms with Crippen molar-refractivity contribution in [2.24, 2.45) is 0 Å². The second kappa shape index (κ2) is 9.90. The normalized spacial score (nSPS) is 10.5. The zero-order valence-electron chi connectivity index (χ0n) is 16.1. The Morgan fingerprint density at radius 2 is 1.61 bits per heavy atom. The van der Waals surface area contributed by atoms with Crippen LogP contribution in [0.5, 0.6) is 11.5 Å². The zero-order chi connectivity index (χ0) is 19.8. The largest absolute Gasteiger partial charge is 0.497 e. The Morgan fingerprint density at radius 1 is 0.964 bits per heavy atom. The number of amides is 1. The van der Waals surface area contributed by atoms with Crippen LogP contribution in [-0.4, -0.2) is 31.7 Å². The summed E-state index contributed by atoms with van der Waals surface area (Å²) in [5, 5.41) is 5.95. The molecule has 0 aliphatic carbocycles. The number of thiazole rings is 1. The smallest absolute Gasteiger partial charge is 0.220 e. The number of aromatic nitrogens is 1. The predicted octanol–water partition coefficient (Wildman–Crippen LogP) is 4.12. The Kier molecular flexibility index (Phi) is 7.03. The Bertz CT molecular complexity index is 889. The summed E-state index contributed by atoms with van der Waals surface area (Å²) in [5.74, 6) is 1.71. The first kappa shape index (κ1) is 19.9. The number of hydrogen-bond acceptors (Lipinski definition) is 5. The van der Waals surface area contributed by atoms with Gasteiger partial charge in [0.25, 0.3) is 0 Å². The topological polar surface area (TPSA) is 60.5 Å². The van der Waals surface area contributed by atoms with Crippen molar-refractivity contribution in [2.45, 2.75) is 19.3 Å². The number of nitrogens with one attached hydrogen (secondary N) is 1. The van der Waals surface area contributed by atoms with E-state index in [4.69, 9.17) is 9.47 Å². The number of nitrogens with zero attached hydrogens (tertiary/aromatic N) is 1. The minimum Gasteiger partial charge on any atom is -0.497 e. The van der Waals surface area contributed by atoms with Gasteiger partial charge in [0.05, 0.1) is 19.9 Å². The van der Waals surface area contributed by atoms with Crippen LogP contribution in [0.3, 0.4) is 0 Å². The van der Waals surface area contributed by atoms with Crippen LogP contribution in [-0.2, 0) is 17.6 Å². The fraction of sp³-hybridized carbons (Fsp3) is 0.273. The van der Waals surface area contributed by atoms with E-state index < -0.39 is 0 Å². The van der Waals surface area contributed by atoms with Crippen molar-refractivity contribution >= 4 is 17.2 Å². The molecule has 5 nitrogen and oxygen atoms in total. The Labute approximate surface area is 169 Å². The highest BCUT2D eigenvalue weighted by Crippen LogP contribution is 2.26. The van der Waals surface area contributed by atoms with E-state index in [9.17, 15) is 4.79 Å². The molecule has 1 aromatic heterocycles. The molecule has 0 bridgehead atoms. The number of aryl methyl sites for hydroxylation is 1. The van der Waals surface area contributed by atoms with E-state index in [1.54, 1.807) is 25.6 Å². The molecule has 0 saturated heterocycles. The molecule has 0 spiro atoms. The van der Waals surface area contributed by atoms with Crippen molar-refractivity contribution in [1.29, 1.82) is 0 Å². The summed E-state index contributed by atoms with van der Waals surface area (Å²) >= 11 is 1.59. The molecule has 6 heteroatoms. The molecular formula is C22H24N2O3S. The van der Waals surface area contributed by atoms with Crippen molar-refractivity contribution in [3.63, 3.8) is 0 Å². The third-order valence-corrected chi connectivity index (χ3v) is 5.33. The molecule has 28 heavy (non-hydrogen) atoms. The lowest BCUT2D eigenvalue weighted by molar-refractivity contribution is -0.121. The second-order valence-electron chi connectivity index (χ2n) is 6.32. The Morgan fingerprint density at radius 3 is 2.25 bits per heavy atom. The summed E-state index contributed by atoms with van der Waals surface area (Å²) in [6.45, 7) is 0.624. The highest BCUT2D eigenvalue weighted by molar-refractivity contribution is 7.13. The SMILES string of the molecule is COc1ccc(CCNC(=O)CCc2csc(-c3ccc(OC)cc3)n2)cc1. The van der Waals surface area contributed by atoms with Crippen LogP contribution in [0.2, 0.25) is 0 Å². The minimum absolute atomic E-state index is 0.0486. The molecule has 0 radical (unpaired) electrons. The Hall–Kier alpha value is -2.86. The molecule has 1 N–H and O–H groups in total. The first-order chi connectivity index (χ1) is 13.7. The molecule has 3 aromatic rings. The molecule has 0 atom stereocenters. The molecule has 0 aliphatic heterocycles. The monoisotopic (exact) mass is 396 g/mol. The average Bonchev–Trinajstić information content (AvgIpc) is 3.22. The van der Waals surface area contributed by atoms with E-state index >= 15 is 0 Å². The highest BCUT2D eigenvalue weighted by atomic mass is 32.1. The molecular weight excluding hydrogens is 372 g/mol. The quantitative estimate of drug-likeness (QED) is 0.591. The van der Waals surface area contributed by atoms with Gasteiger partial charge in [0.15, 0.2) is 0 Å². The number of carbonyl (C=O) groups is 1. The number of methoxy groups -OCH3 is 2. The summed E-state index contributed by atoms with van der Waals surface area (Å²) in [7, 11) is 3.30. The number of ether oxygens (including phenoxy) is 2. The van der Waals surface area contributed by atoms with Crippen LogP contribution in [0, 0.1) is 0 Å². The van der Waals surface area contributed by atoms with E-state index in [1.165, 1.54) is 5.56 Å². The highest BCUT2D eigenvalue weighted by Gasteiger charge is 2.08. The number of carbonyl (C=O) groups excluding carboxylic acids is 1. The van der Waals surface area contributed by atoms with Crippen molar-refractivity contribution in [3.05, 3.63) is 65.2 Å². The lowest BCUT2D eigenvalue weighted by atomic mass is 10.1. The maximum Gasteiger partial charge on any atom is 0.220 e. The van der Waals surface area contributed by atoms with Crippen molar-refractivity contribution in [3.8, 4) is 22.1 Å². The van der Waals surface area contributed by atoms with Gasteiger partial charge >= 0.3 is 0 Å². The summed E-state index contributed by atoms with van der Waals surface area (Å²) < 4.78 is 10.3. The van der Waals surface area contributed by atoms with Gasteiger partial charge < -0.3 is 14.8 Å². The fourth-order valence-electron chi connectivity index (χ4n) is 2.76. The van der Waals surface area contributed by atoms with Gasteiger partial charge in [-0.2, -0.15) is 0 Å². The van der Waals surface area contributed by atoms with Gasteiger partial charge in [0, 0.05) is 23.9 Å². The molecule has 3 rings (SSSR count). The zero-order valence-corrected chi connectivity index (χ0v) is 16.9. The van der Waals surface area contributed by atoms with Crippen LogP contribution >= 0.6 is 11.3 Å². The molecule has 0 saturated carbocycles. The first-order valence-corrected chi connectivity index (χ1v) is 10.0. The summed E-state index contributed by atoms with van der Waals surface area (Å²) in [5.41, 5.74) is 3.17. The van der Waals surface area contributed by atoms with Crippen LogP contribution in [0.15, 0.2) is 53.9 Å². The van der Waals surface area contributed by atoms with E-state index in [2.05, 4.69) is 10.3 Å². The van der Waals surface area contributed by atoms with Gasteiger partial charge in [-0.05, 0) is 54.8 Å². The van der Waals surface area contributed by atoms with Gasteiger partial charge in [-0.25, -0.2) is 4.98 Å². The fourth-order valence-corrected chi connectivity index (χ4v) is 3.62. The van der Waals surface area contributed by atoms with Gasteiger partial charge in [-0.15, -0.1) is 11.3 Å². The summed E-state index contributed by atoms with van der Waals surface area (Å²) in [6.07, 6.45) is 1.88. The third-order valence-electron chi connectivity index (χ3n) is 4.39. The molecule has 146 valence electrons. The van der Waals surface area contributed by atoms with Gasteiger partial charge in [-0.3, -0.25) is 4.79 Å². The van der Waals surface area contributed by atoms with Gasteiger partial charge in [-0.1, -0.05) is 12.1 Å². The minimum atomic E-state index is 0.0486. The molecule has 1 heterocycles. The van der Waals surface area contributed by atoms with Crippen LogP contribution in [0.4, 0.5) is 0 Å². The second-order valence-corrected chi connectivity index (χ2v) is 7.18. The average molecular weight is 397 g/mol. The first-order valence-electron chi connectivity index (χ1n) is 9.16. The standard InChI is InChI=1S/C22H24N2O3S/c1-26-19-8-3-16(4-9-19)13-14-23-21(25)12-7-18-15-28-22(24-18)17-5-10-20(27-2)11-6-17/h3-6,8-11,15H,7,12-14H2,1-2H3,(H,23,25). The van der Waals surface area contributed by atoms with Gasteiger partial charge in [0.1, 0.15) is 16.5 Å². The van der Waals surface area contributed by atoms with E-state index in [0.717, 1.165) is 34.2 Å². The van der Waals surface area contributed by atoms with Gasteiger partial charge in [0.2, 0.25) is 5.91 Å². The lowest BCUT2D eigenvalue weighted by Crippen LogP contribution is -2.25. The van der Waals surface area contributed by atoms with Crippen molar-refractivity contribution in [1.82, 2.24) is 10.3 Å². The molecule has 0 fully saturated rings. The maximum absolute atomic E-state index is 12.1. The number of rotatable bonds is 9. The molecule has 0 unspecified atom stereocenters. The van der Waals surface area contributed by atoms with Crippen LogP contribution < -0.4 is 14.8 Å². The van der Waals surface area contributed by atoms with E-state index in [1.807, 2.05) is 53.9 Å². The van der Waals surface area contributed by atoms with Crippen molar-refractivity contribution < 1.29 is 14.3 Å². The number of hydrogen-bond donors (Lipinski definition) is 1. The lowest BCUT2D eigenvalue weighted by Gasteiger charge is -2.06.